The van der Waals surface area contributed by atoms with Gasteiger partial charge in [-0.2, -0.15) is 10.2 Å². The minimum Gasteiger partial charge on any atom is -0.341 e. The number of fused-ring (bicyclic) bond motifs is 1. The molecule has 94 valence electrons. The highest BCUT2D eigenvalue weighted by Crippen LogP contribution is 2.17. The Balaban J connectivity index is 1.98. The van der Waals surface area contributed by atoms with E-state index in [1.165, 1.54) is 6.33 Å². The van der Waals surface area contributed by atoms with Crippen molar-refractivity contribution in [3.05, 3.63) is 41.9 Å². The monoisotopic (exact) mass is 260 g/mol. The molecular weight excluding hydrogens is 252 g/mol. The van der Waals surface area contributed by atoms with E-state index in [2.05, 4.69) is 37.2 Å². The van der Waals surface area contributed by atoms with E-state index in [9.17, 15) is 0 Å². The van der Waals surface area contributed by atoms with Crippen LogP contribution in [0.5, 0.6) is 0 Å². The summed E-state index contributed by atoms with van der Waals surface area (Å²) in [5.74, 6) is 2.86. The van der Waals surface area contributed by atoms with E-state index in [1.54, 1.807) is 24.3 Å². The summed E-state index contributed by atoms with van der Waals surface area (Å²) >= 11 is 0. The van der Waals surface area contributed by atoms with Gasteiger partial charge in [0.25, 0.3) is 0 Å². The number of anilines is 2. The van der Waals surface area contributed by atoms with Crippen LogP contribution < -0.4 is 5.32 Å². The molecule has 0 bridgehead atoms. The highest BCUT2D eigenvalue weighted by atomic mass is 15.1. The molecule has 0 aliphatic carbocycles. The third-order valence-electron chi connectivity index (χ3n) is 2.69. The Morgan fingerprint density at radius 1 is 1.20 bits per heavy atom. The third kappa shape index (κ3) is 2.02. The van der Waals surface area contributed by atoms with Crippen molar-refractivity contribution in [3.63, 3.8) is 0 Å². The van der Waals surface area contributed by atoms with E-state index >= 15 is 0 Å². The second-order valence-corrected chi connectivity index (χ2v) is 3.96. The summed E-state index contributed by atoms with van der Waals surface area (Å²) in [5, 5.41) is 11.8. The zero-order valence-electron chi connectivity index (χ0n) is 10.3. The quantitative estimate of drug-likeness (QED) is 0.687. The zero-order valence-corrected chi connectivity index (χ0v) is 10.3. The number of nitriles is 1. The summed E-state index contributed by atoms with van der Waals surface area (Å²) in [6.07, 6.45) is 6.94. The molecule has 6 nitrogen and oxygen atoms in total. The lowest BCUT2D eigenvalue weighted by molar-refractivity contribution is 1.18. The van der Waals surface area contributed by atoms with Gasteiger partial charge in [-0.15, -0.1) is 6.42 Å². The zero-order chi connectivity index (χ0) is 13.9. The van der Waals surface area contributed by atoms with Gasteiger partial charge in [-0.3, -0.25) is 0 Å². The number of aromatic nitrogens is 4. The lowest BCUT2D eigenvalue weighted by atomic mass is 10.2. The normalized spacial score (nSPS) is 9.90. The van der Waals surface area contributed by atoms with Crippen LogP contribution in [0.4, 0.5) is 11.6 Å². The molecule has 6 heteroatoms. The van der Waals surface area contributed by atoms with Gasteiger partial charge in [0.05, 0.1) is 18.0 Å². The van der Waals surface area contributed by atoms with Gasteiger partial charge in [-0.25, -0.2) is 9.97 Å². The standard InChI is InChI=1S/C14H8N6/c1-2-11-12-13(17-8-16-12)20-14(19-11)18-10-5-3-9(7-15)4-6-10/h1,3-6,8H,(H2,16,17,18,19,20). The summed E-state index contributed by atoms with van der Waals surface area (Å²) in [6.45, 7) is 0. The molecule has 0 aliphatic rings. The minimum absolute atomic E-state index is 0.363. The van der Waals surface area contributed by atoms with Crippen LogP contribution >= 0.6 is 0 Å². The van der Waals surface area contributed by atoms with Gasteiger partial charge in [0.1, 0.15) is 11.2 Å². The summed E-state index contributed by atoms with van der Waals surface area (Å²) < 4.78 is 0. The molecule has 1 aromatic carbocycles. The van der Waals surface area contributed by atoms with Crippen LogP contribution in [0.2, 0.25) is 0 Å². The number of H-pyrrole nitrogens is 1. The largest absolute Gasteiger partial charge is 0.341 e. The van der Waals surface area contributed by atoms with Crippen LogP contribution in [-0.4, -0.2) is 19.9 Å². The van der Waals surface area contributed by atoms with Gasteiger partial charge in [0, 0.05) is 5.69 Å². The predicted molar refractivity (Wildman–Crippen MR) is 74.1 cm³/mol. The first-order valence-electron chi connectivity index (χ1n) is 5.75. The highest BCUT2D eigenvalue weighted by molar-refractivity contribution is 5.77. The van der Waals surface area contributed by atoms with Gasteiger partial charge in [0.2, 0.25) is 5.95 Å². The number of hydrogen-bond donors (Lipinski definition) is 2. The summed E-state index contributed by atoms with van der Waals surface area (Å²) in [6, 6.07) is 9.01. The van der Waals surface area contributed by atoms with Gasteiger partial charge >= 0.3 is 0 Å². The number of aromatic amines is 1. The maximum Gasteiger partial charge on any atom is 0.230 e. The summed E-state index contributed by atoms with van der Waals surface area (Å²) in [7, 11) is 0. The Bertz CT molecular complexity index is 848. The Labute approximate surface area is 114 Å². The van der Waals surface area contributed by atoms with Gasteiger partial charge in [-0.1, -0.05) is 0 Å². The van der Waals surface area contributed by atoms with Crippen LogP contribution in [0.3, 0.4) is 0 Å². The fourth-order valence-electron chi connectivity index (χ4n) is 1.75. The molecule has 0 amide bonds. The molecule has 0 fully saturated rings. The molecule has 0 aliphatic heterocycles. The van der Waals surface area contributed by atoms with E-state index in [0.717, 1.165) is 5.69 Å². The Morgan fingerprint density at radius 3 is 2.70 bits per heavy atom. The van der Waals surface area contributed by atoms with E-state index in [-0.39, 0.29) is 0 Å². The van der Waals surface area contributed by atoms with Crippen molar-refractivity contribution in [1.82, 2.24) is 19.9 Å². The average Bonchev–Trinajstić information content (AvgIpc) is 2.95. The molecule has 0 saturated carbocycles. The molecule has 20 heavy (non-hydrogen) atoms. The lowest BCUT2D eigenvalue weighted by Gasteiger charge is -2.05. The average molecular weight is 260 g/mol. The third-order valence-corrected chi connectivity index (χ3v) is 2.69. The molecular formula is C14H8N6. The highest BCUT2D eigenvalue weighted by Gasteiger charge is 2.08. The molecule has 2 N–H and O–H groups in total. The van der Waals surface area contributed by atoms with E-state index in [0.29, 0.717) is 28.4 Å². The number of rotatable bonds is 2. The van der Waals surface area contributed by atoms with Crippen LogP contribution in [-0.2, 0) is 0 Å². The Morgan fingerprint density at radius 2 is 2.00 bits per heavy atom. The SMILES string of the molecule is C#Cc1nc(Nc2ccc(C#N)cc2)nc2nc[nH]c12. The molecule has 0 spiro atoms. The Kier molecular flexibility index (Phi) is 2.76. The predicted octanol–water partition coefficient (Wildman–Crippen LogP) is 1.95. The summed E-state index contributed by atoms with van der Waals surface area (Å²) in [4.78, 5) is 15.5. The Hall–Kier alpha value is -3.38. The maximum atomic E-state index is 8.75. The van der Waals surface area contributed by atoms with Crippen molar-refractivity contribution >= 4 is 22.8 Å². The maximum absolute atomic E-state index is 8.75. The summed E-state index contributed by atoms with van der Waals surface area (Å²) in [5.41, 5.74) is 2.94. The second kappa shape index (κ2) is 4.71. The van der Waals surface area contributed by atoms with E-state index < -0.39 is 0 Å². The molecule has 3 aromatic rings. The second-order valence-electron chi connectivity index (χ2n) is 3.96. The fraction of sp³-hybridized carbons (Fsp3) is 0. The number of nitrogens with one attached hydrogen (secondary N) is 2. The van der Waals surface area contributed by atoms with Crippen molar-refractivity contribution in [3.8, 4) is 18.4 Å². The fourth-order valence-corrected chi connectivity index (χ4v) is 1.75. The van der Waals surface area contributed by atoms with E-state index in [4.69, 9.17) is 11.7 Å². The van der Waals surface area contributed by atoms with Crippen LogP contribution in [0.1, 0.15) is 11.3 Å². The van der Waals surface area contributed by atoms with Crippen LogP contribution in [0.15, 0.2) is 30.6 Å². The van der Waals surface area contributed by atoms with Crippen molar-refractivity contribution in [2.45, 2.75) is 0 Å². The molecule has 0 radical (unpaired) electrons. The molecule has 0 unspecified atom stereocenters. The van der Waals surface area contributed by atoms with Gasteiger partial charge in [0.15, 0.2) is 5.65 Å². The molecule has 0 saturated heterocycles. The van der Waals surface area contributed by atoms with Crippen LogP contribution in [0.25, 0.3) is 11.2 Å². The number of hydrogen-bond acceptors (Lipinski definition) is 5. The number of benzene rings is 1. The van der Waals surface area contributed by atoms with Gasteiger partial charge in [-0.05, 0) is 30.2 Å². The van der Waals surface area contributed by atoms with E-state index in [1.807, 2.05) is 0 Å². The number of terminal acetylenes is 1. The van der Waals surface area contributed by atoms with Gasteiger partial charge < -0.3 is 10.3 Å². The minimum atomic E-state index is 0.363. The van der Waals surface area contributed by atoms with Crippen molar-refractivity contribution in [2.24, 2.45) is 0 Å². The molecule has 2 heterocycles. The molecule has 2 aromatic heterocycles. The first-order valence-corrected chi connectivity index (χ1v) is 5.75. The van der Waals surface area contributed by atoms with Crippen molar-refractivity contribution < 1.29 is 0 Å². The lowest BCUT2D eigenvalue weighted by Crippen LogP contribution is -1.99. The smallest absolute Gasteiger partial charge is 0.230 e. The number of nitrogens with zero attached hydrogens (tertiary/aromatic N) is 4. The van der Waals surface area contributed by atoms with Crippen molar-refractivity contribution in [2.75, 3.05) is 5.32 Å². The first kappa shape index (κ1) is 11.7. The first-order chi connectivity index (χ1) is 9.80. The van der Waals surface area contributed by atoms with Crippen molar-refractivity contribution in [1.29, 1.82) is 5.26 Å². The number of imidazole rings is 1. The topological polar surface area (TPSA) is 90.3 Å². The van der Waals surface area contributed by atoms with Crippen LogP contribution in [0, 0.1) is 23.7 Å². The molecule has 0 atom stereocenters. The molecule has 3 rings (SSSR count).